The van der Waals surface area contributed by atoms with Crippen molar-refractivity contribution >= 4 is 23.8 Å². The Labute approximate surface area is 241 Å². The molecule has 1 aromatic heterocycles. The standard InChI is InChI=1S/C32H39N3O4S/c1-32(2,3)39-31(37)35-28(23-40-30(35)26-13-9-19-33-22-26)29(36)34-20-18-25-14-16-27(17-15-25)38-21-8-7-12-24-10-5-4-6-11-24/h4-6,9-11,13-17,19,22,28,30H,7-8,12,18,20-21,23H2,1-3H3,(H,34,36). The highest BCUT2D eigenvalue weighted by atomic mass is 32.2. The van der Waals surface area contributed by atoms with E-state index >= 15 is 0 Å². The summed E-state index contributed by atoms with van der Waals surface area (Å²) in [7, 11) is 0. The molecule has 1 N–H and O–H groups in total. The molecule has 0 radical (unpaired) electrons. The smallest absolute Gasteiger partial charge is 0.412 e. The number of unbranched alkanes of at least 4 members (excludes halogenated alkanes) is 1. The summed E-state index contributed by atoms with van der Waals surface area (Å²) in [5.74, 6) is 1.16. The normalized spacial score (nSPS) is 16.9. The Kier molecular flexibility index (Phi) is 10.5. The van der Waals surface area contributed by atoms with Crippen LogP contribution < -0.4 is 10.1 Å². The highest BCUT2D eigenvalue weighted by Gasteiger charge is 2.44. The van der Waals surface area contributed by atoms with Gasteiger partial charge in [0.1, 0.15) is 22.8 Å². The van der Waals surface area contributed by atoms with Gasteiger partial charge in [0.05, 0.1) is 6.61 Å². The number of benzene rings is 2. The summed E-state index contributed by atoms with van der Waals surface area (Å²) in [5.41, 5.74) is 2.67. The Morgan fingerprint density at radius 3 is 2.42 bits per heavy atom. The summed E-state index contributed by atoms with van der Waals surface area (Å²) in [5, 5.41) is 2.69. The number of pyridine rings is 1. The van der Waals surface area contributed by atoms with Crippen molar-refractivity contribution in [3.63, 3.8) is 0 Å². The van der Waals surface area contributed by atoms with Gasteiger partial charge in [0.2, 0.25) is 5.91 Å². The van der Waals surface area contributed by atoms with Gasteiger partial charge in [-0.25, -0.2) is 4.79 Å². The number of aromatic nitrogens is 1. The second-order valence-corrected chi connectivity index (χ2v) is 12.0. The summed E-state index contributed by atoms with van der Waals surface area (Å²) in [4.78, 5) is 32.1. The molecule has 40 heavy (non-hydrogen) atoms. The fourth-order valence-electron chi connectivity index (χ4n) is 4.49. The van der Waals surface area contributed by atoms with Gasteiger partial charge in [-0.05, 0) is 75.8 Å². The first-order valence-electron chi connectivity index (χ1n) is 13.9. The van der Waals surface area contributed by atoms with Gasteiger partial charge in [0, 0.05) is 30.3 Å². The third kappa shape index (κ3) is 8.74. The Balaban J connectivity index is 1.24. The first kappa shape index (κ1) is 29.5. The van der Waals surface area contributed by atoms with Crippen molar-refractivity contribution in [2.45, 2.75) is 63.5 Å². The fraction of sp³-hybridized carbons (Fsp3) is 0.406. The maximum absolute atomic E-state index is 13.2. The molecule has 0 spiro atoms. The molecule has 2 unspecified atom stereocenters. The molecule has 0 saturated carbocycles. The average molecular weight is 562 g/mol. The van der Waals surface area contributed by atoms with Gasteiger partial charge in [0.25, 0.3) is 0 Å². The minimum Gasteiger partial charge on any atom is -0.494 e. The van der Waals surface area contributed by atoms with Crippen LogP contribution in [0.25, 0.3) is 0 Å². The number of rotatable bonds is 11. The van der Waals surface area contributed by atoms with Gasteiger partial charge >= 0.3 is 6.09 Å². The van der Waals surface area contributed by atoms with Gasteiger partial charge in [-0.3, -0.25) is 14.7 Å². The highest BCUT2D eigenvalue weighted by molar-refractivity contribution is 7.99. The SMILES string of the molecule is CC(C)(C)OC(=O)N1C(C(=O)NCCc2ccc(OCCCCc3ccccc3)cc2)CSC1c1cccnc1. The van der Waals surface area contributed by atoms with Gasteiger partial charge in [-0.15, -0.1) is 11.8 Å². The molecule has 2 heterocycles. The molecule has 1 aliphatic heterocycles. The van der Waals surface area contributed by atoms with Crippen molar-refractivity contribution in [2.75, 3.05) is 18.9 Å². The summed E-state index contributed by atoms with van der Waals surface area (Å²) < 4.78 is 11.6. The third-order valence-corrected chi connectivity index (χ3v) is 7.81. The van der Waals surface area contributed by atoms with Crippen LogP contribution in [0, 0.1) is 0 Å². The molecule has 2 atom stereocenters. The quantitative estimate of drug-likeness (QED) is 0.281. The van der Waals surface area contributed by atoms with E-state index in [2.05, 4.69) is 34.6 Å². The average Bonchev–Trinajstić information content (AvgIpc) is 3.40. The first-order valence-corrected chi connectivity index (χ1v) is 14.9. The van der Waals surface area contributed by atoms with Crippen molar-refractivity contribution in [1.82, 2.24) is 15.2 Å². The lowest BCUT2D eigenvalue weighted by Crippen LogP contribution is -2.49. The van der Waals surface area contributed by atoms with E-state index in [9.17, 15) is 9.59 Å². The number of amides is 2. The number of nitrogens with one attached hydrogen (secondary N) is 1. The molecular formula is C32H39N3O4S. The highest BCUT2D eigenvalue weighted by Crippen LogP contribution is 2.42. The van der Waals surface area contributed by atoms with Crippen LogP contribution in [0.2, 0.25) is 0 Å². The van der Waals surface area contributed by atoms with Crippen LogP contribution in [0.15, 0.2) is 79.1 Å². The molecule has 4 rings (SSSR count). The third-order valence-electron chi connectivity index (χ3n) is 6.48. The van der Waals surface area contributed by atoms with Crippen LogP contribution >= 0.6 is 11.8 Å². The lowest BCUT2D eigenvalue weighted by atomic mass is 10.1. The molecule has 1 aliphatic rings. The number of carbonyl (C=O) groups excluding carboxylic acids is 2. The van der Waals surface area contributed by atoms with Crippen LogP contribution in [-0.4, -0.2) is 52.4 Å². The van der Waals surface area contributed by atoms with E-state index in [0.717, 1.165) is 36.1 Å². The molecule has 7 nitrogen and oxygen atoms in total. The predicted octanol–water partition coefficient (Wildman–Crippen LogP) is 6.19. The van der Waals surface area contributed by atoms with Crippen LogP contribution in [0.4, 0.5) is 4.79 Å². The number of hydrogen-bond donors (Lipinski definition) is 1. The maximum Gasteiger partial charge on any atom is 0.412 e. The van der Waals surface area contributed by atoms with Gasteiger partial charge in [-0.2, -0.15) is 0 Å². The topological polar surface area (TPSA) is 80.8 Å². The number of hydrogen-bond acceptors (Lipinski definition) is 6. The van der Waals surface area contributed by atoms with Crippen LogP contribution in [0.3, 0.4) is 0 Å². The molecule has 3 aromatic rings. The maximum atomic E-state index is 13.2. The van der Waals surface area contributed by atoms with Crippen LogP contribution in [0.5, 0.6) is 5.75 Å². The monoisotopic (exact) mass is 561 g/mol. The molecule has 0 bridgehead atoms. The zero-order chi connectivity index (χ0) is 28.4. The lowest BCUT2D eigenvalue weighted by Gasteiger charge is -2.31. The molecule has 8 heteroatoms. The number of carbonyl (C=O) groups is 2. The Morgan fingerprint density at radius 2 is 1.73 bits per heavy atom. The van der Waals surface area contributed by atoms with Crippen molar-refractivity contribution < 1.29 is 19.1 Å². The van der Waals surface area contributed by atoms with E-state index in [-0.39, 0.29) is 11.3 Å². The molecule has 212 valence electrons. The molecule has 0 aliphatic carbocycles. The van der Waals surface area contributed by atoms with Crippen molar-refractivity contribution in [1.29, 1.82) is 0 Å². The van der Waals surface area contributed by atoms with Crippen molar-refractivity contribution in [2.24, 2.45) is 0 Å². The molecule has 2 aromatic carbocycles. The van der Waals surface area contributed by atoms with Crippen molar-refractivity contribution in [3.8, 4) is 5.75 Å². The Morgan fingerprint density at radius 1 is 0.975 bits per heavy atom. The largest absolute Gasteiger partial charge is 0.494 e. The van der Waals surface area contributed by atoms with Crippen LogP contribution in [0.1, 0.15) is 55.7 Å². The second kappa shape index (κ2) is 14.2. The second-order valence-electron chi connectivity index (χ2n) is 10.9. The zero-order valence-corrected chi connectivity index (χ0v) is 24.4. The molecule has 2 amide bonds. The zero-order valence-electron chi connectivity index (χ0n) is 23.5. The lowest BCUT2D eigenvalue weighted by molar-refractivity contribution is -0.125. The summed E-state index contributed by atoms with van der Waals surface area (Å²) in [6.45, 7) is 6.63. The van der Waals surface area contributed by atoms with E-state index < -0.39 is 17.7 Å². The molecule has 1 saturated heterocycles. The van der Waals surface area contributed by atoms with E-state index in [1.807, 2.05) is 63.2 Å². The van der Waals surface area contributed by atoms with E-state index in [4.69, 9.17) is 9.47 Å². The van der Waals surface area contributed by atoms with Gasteiger partial charge < -0.3 is 14.8 Å². The van der Waals surface area contributed by atoms with Crippen molar-refractivity contribution in [3.05, 3.63) is 95.8 Å². The summed E-state index contributed by atoms with van der Waals surface area (Å²) >= 11 is 1.54. The Hall–Kier alpha value is -3.52. The van der Waals surface area contributed by atoms with E-state index in [1.165, 1.54) is 5.56 Å². The molecule has 1 fully saturated rings. The van der Waals surface area contributed by atoms with Gasteiger partial charge in [0.15, 0.2) is 0 Å². The Bertz CT molecular complexity index is 1220. The number of aryl methyl sites for hydroxylation is 1. The molecular weight excluding hydrogens is 522 g/mol. The summed E-state index contributed by atoms with van der Waals surface area (Å²) in [6, 6.07) is 21.6. The van der Waals surface area contributed by atoms with E-state index in [0.29, 0.717) is 25.3 Å². The van der Waals surface area contributed by atoms with E-state index in [1.54, 1.807) is 29.1 Å². The minimum atomic E-state index is -0.664. The minimum absolute atomic E-state index is 0.180. The number of ether oxygens (including phenoxy) is 2. The van der Waals surface area contributed by atoms with Gasteiger partial charge in [-0.1, -0.05) is 48.5 Å². The first-order chi connectivity index (χ1) is 19.3. The number of nitrogens with zero attached hydrogens (tertiary/aromatic N) is 2. The fourth-order valence-corrected chi connectivity index (χ4v) is 5.89. The number of thioether (sulfide) groups is 1. The predicted molar refractivity (Wildman–Crippen MR) is 159 cm³/mol. The summed E-state index contributed by atoms with van der Waals surface area (Å²) in [6.07, 6.45) is 6.77. The van der Waals surface area contributed by atoms with Crippen LogP contribution in [-0.2, 0) is 22.4 Å².